The van der Waals surface area contributed by atoms with Gasteiger partial charge >= 0.3 is 5.63 Å². The van der Waals surface area contributed by atoms with Crippen LogP contribution < -0.4 is 5.63 Å². The lowest BCUT2D eigenvalue weighted by molar-refractivity contribution is 0.402. The van der Waals surface area contributed by atoms with Crippen molar-refractivity contribution in [3.63, 3.8) is 0 Å². The lowest BCUT2D eigenvalue weighted by Crippen LogP contribution is -2.16. The number of hydrogen-bond donors (Lipinski definition) is 1. The first-order chi connectivity index (χ1) is 9.20. The smallest absolute Gasteiger partial charge is 0.343 e. The van der Waals surface area contributed by atoms with Crippen LogP contribution in [0, 0.1) is 11.3 Å². The third kappa shape index (κ3) is 1.68. The van der Waals surface area contributed by atoms with E-state index in [0.717, 1.165) is 5.92 Å². The van der Waals surface area contributed by atoms with Gasteiger partial charge in [0.1, 0.15) is 11.3 Å². The molecule has 0 spiro atoms. The van der Waals surface area contributed by atoms with Gasteiger partial charge in [0, 0.05) is 0 Å². The largest absolute Gasteiger partial charge is 0.507 e. The molecule has 0 unspecified atom stereocenters. The molecule has 2 aliphatic carbocycles. The molecule has 3 nitrogen and oxygen atoms in total. The molecule has 3 heteroatoms. The van der Waals surface area contributed by atoms with Crippen molar-refractivity contribution >= 4 is 11.0 Å². The summed E-state index contributed by atoms with van der Waals surface area (Å²) < 4.78 is 5.33. The van der Waals surface area contributed by atoms with E-state index in [-0.39, 0.29) is 16.8 Å². The first kappa shape index (κ1) is 11.1. The number of rotatable bonds is 3. The van der Waals surface area contributed by atoms with Crippen LogP contribution in [-0.2, 0) is 6.42 Å². The summed E-state index contributed by atoms with van der Waals surface area (Å²) in [5, 5.41) is 11.0. The summed E-state index contributed by atoms with van der Waals surface area (Å²) in [4.78, 5) is 12.1. The zero-order valence-corrected chi connectivity index (χ0v) is 10.7. The maximum Gasteiger partial charge on any atom is 0.343 e. The van der Waals surface area contributed by atoms with E-state index in [1.165, 1.54) is 25.7 Å². The van der Waals surface area contributed by atoms with E-state index in [9.17, 15) is 9.90 Å². The molecule has 4 rings (SSSR count). The van der Waals surface area contributed by atoms with Crippen molar-refractivity contribution < 1.29 is 9.52 Å². The Hall–Kier alpha value is -1.77. The summed E-state index contributed by atoms with van der Waals surface area (Å²) in [6.07, 6.45) is 5.60. The van der Waals surface area contributed by atoms with Gasteiger partial charge in [-0.3, -0.25) is 0 Å². The highest BCUT2D eigenvalue weighted by Crippen LogP contribution is 2.63. The first-order valence-corrected chi connectivity index (χ1v) is 6.93. The lowest BCUT2D eigenvalue weighted by atomic mass is 9.91. The van der Waals surface area contributed by atoms with Crippen LogP contribution in [0.15, 0.2) is 33.5 Å². The maximum atomic E-state index is 12.1. The van der Waals surface area contributed by atoms with Crippen molar-refractivity contribution in [3.05, 3.63) is 40.2 Å². The summed E-state index contributed by atoms with van der Waals surface area (Å²) in [5.41, 5.74) is 0.852. The fraction of sp³-hybridized carbons (Fsp3) is 0.438. The molecule has 0 amide bonds. The van der Waals surface area contributed by atoms with E-state index >= 15 is 0 Å². The Balaban J connectivity index is 1.83. The van der Waals surface area contributed by atoms with E-state index < -0.39 is 0 Å². The molecule has 1 aromatic carbocycles. The molecule has 1 aromatic heterocycles. The minimum Gasteiger partial charge on any atom is -0.507 e. The summed E-state index contributed by atoms with van der Waals surface area (Å²) >= 11 is 0. The average molecular weight is 256 g/mol. The molecule has 2 saturated carbocycles. The number of fused-ring (bicyclic) bond motifs is 1. The number of aromatic hydroxyl groups is 1. The van der Waals surface area contributed by atoms with Crippen molar-refractivity contribution in [2.24, 2.45) is 11.3 Å². The molecule has 2 aromatic rings. The van der Waals surface area contributed by atoms with Crippen molar-refractivity contribution in [1.82, 2.24) is 0 Å². The molecule has 1 heterocycles. The fourth-order valence-corrected chi connectivity index (χ4v) is 3.27. The SMILES string of the molecule is O=c1oc2ccccc2c(O)c1CC1(C2CC2)CC1. The second-order valence-corrected chi connectivity index (χ2v) is 6.03. The van der Waals surface area contributed by atoms with Crippen LogP contribution in [0.1, 0.15) is 31.2 Å². The summed E-state index contributed by atoms with van der Waals surface area (Å²) in [7, 11) is 0. The van der Waals surface area contributed by atoms with Crippen molar-refractivity contribution in [3.8, 4) is 5.75 Å². The predicted octanol–water partition coefficient (Wildman–Crippen LogP) is 3.23. The van der Waals surface area contributed by atoms with E-state index in [1.807, 2.05) is 6.07 Å². The van der Waals surface area contributed by atoms with Gasteiger partial charge < -0.3 is 9.52 Å². The Morgan fingerprint density at radius 3 is 2.68 bits per heavy atom. The molecule has 0 radical (unpaired) electrons. The zero-order valence-electron chi connectivity index (χ0n) is 10.7. The highest BCUT2D eigenvalue weighted by atomic mass is 16.4. The van der Waals surface area contributed by atoms with Crippen LogP contribution in [0.25, 0.3) is 11.0 Å². The standard InChI is InChI=1S/C16H16O3/c17-14-11-3-1-2-4-13(11)19-15(18)12(14)9-16(7-8-16)10-5-6-10/h1-4,10,17H,5-9H2. The van der Waals surface area contributed by atoms with Crippen LogP contribution in [0.2, 0.25) is 0 Å². The Morgan fingerprint density at radius 1 is 1.26 bits per heavy atom. The monoisotopic (exact) mass is 256 g/mol. The van der Waals surface area contributed by atoms with Gasteiger partial charge in [-0.1, -0.05) is 12.1 Å². The average Bonchev–Trinajstić information content (AvgIpc) is 3.26. The highest BCUT2D eigenvalue weighted by molar-refractivity contribution is 5.83. The Morgan fingerprint density at radius 2 is 2.00 bits per heavy atom. The molecule has 2 fully saturated rings. The minimum absolute atomic E-state index is 0.124. The van der Waals surface area contributed by atoms with Gasteiger partial charge in [0.25, 0.3) is 0 Å². The maximum absolute atomic E-state index is 12.1. The van der Waals surface area contributed by atoms with Gasteiger partial charge in [-0.25, -0.2) is 4.79 Å². The van der Waals surface area contributed by atoms with E-state index in [1.54, 1.807) is 18.2 Å². The van der Waals surface area contributed by atoms with Gasteiger partial charge in [-0.05, 0) is 55.6 Å². The van der Waals surface area contributed by atoms with Gasteiger partial charge in [-0.2, -0.15) is 0 Å². The van der Waals surface area contributed by atoms with Gasteiger partial charge in [-0.15, -0.1) is 0 Å². The van der Waals surface area contributed by atoms with Crippen molar-refractivity contribution in [2.75, 3.05) is 0 Å². The lowest BCUT2D eigenvalue weighted by Gasteiger charge is -2.14. The second kappa shape index (κ2) is 3.62. The summed E-state index contributed by atoms with van der Waals surface area (Å²) in [6.45, 7) is 0. The third-order valence-electron chi connectivity index (χ3n) is 4.74. The van der Waals surface area contributed by atoms with E-state index in [2.05, 4.69) is 0 Å². The van der Waals surface area contributed by atoms with Crippen molar-refractivity contribution in [1.29, 1.82) is 0 Å². The Kier molecular flexibility index (Phi) is 2.12. The molecule has 19 heavy (non-hydrogen) atoms. The third-order valence-corrected chi connectivity index (χ3v) is 4.74. The predicted molar refractivity (Wildman–Crippen MR) is 72.2 cm³/mol. The van der Waals surface area contributed by atoms with Gasteiger partial charge in [0.15, 0.2) is 0 Å². The summed E-state index contributed by atoms with van der Waals surface area (Å²) in [6, 6.07) is 7.17. The molecule has 0 atom stereocenters. The molecular weight excluding hydrogens is 240 g/mol. The Labute approximate surface area is 110 Å². The van der Waals surface area contributed by atoms with E-state index in [4.69, 9.17) is 4.42 Å². The molecule has 2 aliphatic rings. The molecular formula is C16H16O3. The highest BCUT2D eigenvalue weighted by Gasteiger charge is 2.54. The first-order valence-electron chi connectivity index (χ1n) is 6.93. The molecule has 0 saturated heterocycles. The van der Waals surface area contributed by atoms with Crippen molar-refractivity contribution in [2.45, 2.75) is 32.1 Å². The number of para-hydroxylation sites is 1. The van der Waals surface area contributed by atoms with Crippen LogP contribution in [0.5, 0.6) is 5.75 Å². The molecule has 0 bridgehead atoms. The molecule has 1 N–H and O–H groups in total. The number of hydrogen-bond acceptors (Lipinski definition) is 3. The summed E-state index contributed by atoms with van der Waals surface area (Å²) in [5.74, 6) is 0.886. The van der Waals surface area contributed by atoms with E-state index in [0.29, 0.717) is 23.0 Å². The second-order valence-electron chi connectivity index (χ2n) is 6.03. The van der Waals surface area contributed by atoms with Crippen LogP contribution in [0.3, 0.4) is 0 Å². The van der Waals surface area contributed by atoms with Crippen LogP contribution in [0.4, 0.5) is 0 Å². The molecule has 98 valence electrons. The topological polar surface area (TPSA) is 50.4 Å². The van der Waals surface area contributed by atoms with Gasteiger partial charge in [0.05, 0.1) is 10.9 Å². The zero-order chi connectivity index (χ0) is 13.0. The minimum atomic E-state index is -0.372. The quantitative estimate of drug-likeness (QED) is 0.858. The van der Waals surface area contributed by atoms with Crippen LogP contribution >= 0.6 is 0 Å². The molecule has 0 aliphatic heterocycles. The Bertz CT molecular complexity index is 705. The number of benzene rings is 1. The fourth-order valence-electron chi connectivity index (χ4n) is 3.27. The van der Waals surface area contributed by atoms with Gasteiger partial charge in [0.2, 0.25) is 0 Å². The van der Waals surface area contributed by atoms with Crippen LogP contribution in [-0.4, -0.2) is 5.11 Å². The normalized spacial score (nSPS) is 20.6.